The van der Waals surface area contributed by atoms with Gasteiger partial charge >= 0.3 is 6.09 Å². The summed E-state index contributed by atoms with van der Waals surface area (Å²) in [4.78, 5) is 13.7. The van der Waals surface area contributed by atoms with Crippen molar-refractivity contribution in [1.82, 2.24) is 4.90 Å². The number of oxime groups is 1. The van der Waals surface area contributed by atoms with Gasteiger partial charge in [0.2, 0.25) is 0 Å². The summed E-state index contributed by atoms with van der Waals surface area (Å²) in [6, 6.07) is 0. The van der Waals surface area contributed by atoms with E-state index in [0.29, 0.717) is 5.92 Å². The van der Waals surface area contributed by atoms with E-state index in [0.717, 1.165) is 45.2 Å². The number of ether oxygens (including phenoxy) is 1. The average molecular weight is 270 g/mol. The molecule has 0 aromatic heterocycles. The molecule has 1 aliphatic rings. The molecule has 0 radical (unpaired) electrons. The molecule has 1 aliphatic heterocycles. The minimum Gasteiger partial charge on any atom is -0.444 e. The lowest BCUT2D eigenvalue weighted by Crippen LogP contribution is -2.41. The first-order valence-electron chi connectivity index (χ1n) is 7.06. The largest absolute Gasteiger partial charge is 0.444 e. The van der Waals surface area contributed by atoms with Gasteiger partial charge in [-0.1, -0.05) is 0 Å². The summed E-state index contributed by atoms with van der Waals surface area (Å²) >= 11 is 0. The molecule has 110 valence electrons. The molecular weight excluding hydrogens is 244 g/mol. The lowest BCUT2D eigenvalue weighted by molar-refractivity contribution is 0.0181. The highest BCUT2D eigenvalue weighted by Gasteiger charge is 2.26. The van der Waals surface area contributed by atoms with Crippen LogP contribution in [0, 0.1) is 5.92 Å². The zero-order chi connectivity index (χ0) is 14.3. The van der Waals surface area contributed by atoms with E-state index in [-0.39, 0.29) is 6.09 Å². The van der Waals surface area contributed by atoms with Gasteiger partial charge in [0.15, 0.2) is 0 Å². The highest BCUT2D eigenvalue weighted by molar-refractivity contribution is 5.68. The number of hydrogen-bond donors (Lipinski definition) is 1. The number of likely N-dealkylation sites (tertiary alicyclic amines) is 1. The Morgan fingerprint density at radius 1 is 1.42 bits per heavy atom. The molecule has 1 rings (SSSR count). The van der Waals surface area contributed by atoms with Crippen molar-refractivity contribution in [2.45, 2.75) is 58.5 Å². The number of hydrogen-bond acceptors (Lipinski definition) is 4. The quantitative estimate of drug-likeness (QED) is 0.369. The van der Waals surface area contributed by atoms with Gasteiger partial charge in [-0.15, -0.1) is 5.16 Å². The Labute approximate surface area is 115 Å². The van der Waals surface area contributed by atoms with Crippen molar-refractivity contribution in [2.24, 2.45) is 11.1 Å². The maximum atomic E-state index is 11.9. The van der Waals surface area contributed by atoms with Crippen molar-refractivity contribution in [3.63, 3.8) is 0 Å². The number of amides is 1. The molecular formula is C14H26N2O3. The molecule has 5 nitrogen and oxygen atoms in total. The van der Waals surface area contributed by atoms with Crippen LogP contribution in [-0.4, -0.2) is 41.1 Å². The van der Waals surface area contributed by atoms with Crippen LogP contribution in [0.2, 0.25) is 0 Å². The van der Waals surface area contributed by atoms with Crippen LogP contribution in [0.25, 0.3) is 0 Å². The van der Waals surface area contributed by atoms with Crippen LogP contribution in [0.15, 0.2) is 5.16 Å². The van der Waals surface area contributed by atoms with E-state index in [9.17, 15) is 4.79 Å². The smallest absolute Gasteiger partial charge is 0.410 e. The fourth-order valence-corrected chi connectivity index (χ4v) is 2.29. The molecule has 1 saturated heterocycles. The van der Waals surface area contributed by atoms with E-state index in [2.05, 4.69) is 5.16 Å². The molecule has 0 unspecified atom stereocenters. The van der Waals surface area contributed by atoms with E-state index in [1.807, 2.05) is 20.8 Å². The Balaban J connectivity index is 2.23. The van der Waals surface area contributed by atoms with Gasteiger partial charge in [-0.05, 0) is 58.8 Å². The van der Waals surface area contributed by atoms with Gasteiger partial charge in [-0.3, -0.25) is 0 Å². The first-order valence-corrected chi connectivity index (χ1v) is 7.06. The van der Waals surface area contributed by atoms with Crippen LogP contribution in [0.5, 0.6) is 0 Å². The van der Waals surface area contributed by atoms with Gasteiger partial charge in [0.1, 0.15) is 5.60 Å². The maximum Gasteiger partial charge on any atom is 0.410 e. The van der Waals surface area contributed by atoms with E-state index in [4.69, 9.17) is 9.94 Å². The molecule has 1 amide bonds. The van der Waals surface area contributed by atoms with Gasteiger partial charge in [0.05, 0.1) is 0 Å². The van der Waals surface area contributed by atoms with Crippen LogP contribution >= 0.6 is 0 Å². The van der Waals surface area contributed by atoms with Crippen LogP contribution in [0.1, 0.15) is 52.9 Å². The Hall–Kier alpha value is -1.26. The summed E-state index contributed by atoms with van der Waals surface area (Å²) in [5.74, 6) is 0.672. The van der Waals surface area contributed by atoms with E-state index in [1.54, 1.807) is 4.90 Å². The predicted molar refractivity (Wildman–Crippen MR) is 74.7 cm³/mol. The number of carbonyl (C=O) groups excluding carboxylic acids is 1. The Kier molecular flexibility index (Phi) is 6.12. The molecule has 0 atom stereocenters. The summed E-state index contributed by atoms with van der Waals surface area (Å²) in [6.07, 6.45) is 6.41. The van der Waals surface area contributed by atoms with Gasteiger partial charge < -0.3 is 14.8 Å². The minimum atomic E-state index is -0.419. The number of nitrogens with zero attached hydrogens (tertiary/aromatic N) is 2. The average Bonchev–Trinajstić information content (AvgIpc) is 2.33. The van der Waals surface area contributed by atoms with E-state index in [1.165, 1.54) is 6.21 Å². The summed E-state index contributed by atoms with van der Waals surface area (Å²) in [6.45, 7) is 7.24. The van der Waals surface area contributed by atoms with Crippen molar-refractivity contribution >= 4 is 12.3 Å². The predicted octanol–water partition coefficient (Wildman–Crippen LogP) is 3.26. The van der Waals surface area contributed by atoms with Crippen LogP contribution in [-0.2, 0) is 4.74 Å². The topological polar surface area (TPSA) is 62.1 Å². The van der Waals surface area contributed by atoms with Gasteiger partial charge in [-0.2, -0.15) is 0 Å². The van der Waals surface area contributed by atoms with Crippen LogP contribution < -0.4 is 0 Å². The minimum absolute atomic E-state index is 0.196. The standard InChI is InChI=1S/C14H26N2O3/c1-14(2,3)19-13(17)16-10-7-12(8-11-16)6-4-5-9-15-18/h9,12,18H,4-8,10-11H2,1-3H3/b15-9+. The second-order valence-electron chi connectivity index (χ2n) is 6.14. The maximum absolute atomic E-state index is 11.9. The summed E-state index contributed by atoms with van der Waals surface area (Å²) < 4.78 is 5.37. The van der Waals surface area contributed by atoms with Crippen molar-refractivity contribution in [1.29, 1.82) is 0 Å². The first-order chi connectivity index (χ1) is 8.92. The fourth-order valence-electron chi connectivity index (χ4n) is 2.29. The molecule has 5 heteroatoms. The zero-order valence-corrected chi connectivity index (χ0v) is 12.3. The second kappa shape index (κ2) is 7.36. The Morgan fingerprint density at radius 3 is 2.58 bits per heavy atom. The van der Waals surface area contributed by atoms with Gasteiger partial charge in [0, 0.05) is 19.3 Å². The Morgan fingerprint density at radius 2 is 2.05 bits per heavy atom. The number of piperidine rings is 1. The summed E-state index contributed by atoms with van der Waals surface area (Å²) in [5.41, 5.74) is -0.419. The molecule has 0 saturated carbocycles. The van der Waals surface area contributed by atoms with Crippen molar-refractivity contribution in [2.75, 3.05) is 13.1 Å². The van der Waals surface area contributed by atoms with Crippen LogP contribution in [0.4, 0.5) is 4.79 Å². The zero-order valence-electron chi connectivity index (χ0n) is 12.3. The molecule has 0 aromatic rings. The molecule has 1 fully saturated rings. The summed E-state index contributed by atoms with van der Waals surface area (Å²) in [5, 5.41) is 11.3. The molecule has 1 N–H and O–H groups in total. The Bertz CT molecular complexity index is 302. The fraction of sp³-hybridized carbons (Fsp3) is 0.857. The third-order valence-electron chi connectivity index (χ3n) is 3.29. The molecule has 19 heavy (non-hydrogen) atoms. The third kappa shape index (κ3) is 6.45. The summed E-state index contributed by atoms with van der Waals surface area (Å²) in [7, 11) is 0. The molecule has 0 bridgehead atoms. The molecule has 0 aliphatic carbocycles. The van der Waals surface area contributed by atoms with Crippen molar-refractivity contribution < 1.29 is 14.7 Å². The third-order valence-corrected chi connectivity index (χ3v) is 3.29. The molecule has 0 aromatic carbocycles. The number of rotatable bonds is 4. The lowest BCUT2D eigenvalue weighted by atomic mass is 9.92. The van der Waals surface area contributed by atoms with Crippen LogP contribution in [0.3, 0.4) is 0 Å². The van der Waals surface area contributed by atoms with E-state index < -0.39 is 5.60 Å². The van der Waals surface area contributed by atoms with Crippen molar-refractivity contribution in [3.05, 3.63) is 0 Å². The van der Waals surface area contributed by atoms with E-state index >= 15 is 0 Å². The highest BCUT2D eigenvalue weighted by atomic mass is 16.6. The SMILES string of the molecule is CC(C)(C)OC(=O)N1CCC(CCC/C=N/O)CC1. The van der Waals surface area contributed by atoms with Gasteiger partial charge in [-0.25, -0.2) is 4.79 Å². The first kappa shape index (κ1) is 15.8. The number of carbonyl (C=O) groups is 1. The normalized spacial score (nSPS) is 17.9. The lowest BCUT2D eigenvalue weighted by Gasteiger charge is -2.33. The molecule has 1 heterocycles. The highest BCUT2D eigenvalue weighted by Crippen LogP contribution is 2.23. The van der Waals surface area contributed by atoms with Gasteiger partial charge in [0.25, 0.3) is 0 Å². The van der Waals surface area contributed by atoms with Crippen molar-refractivity contribution in [3.8, 4) is 0 Å². The number of unbranched alkanes of at least 4 members (excludes halogenated alkanes) is 1. The second-order valence-corrected chi connectivity index (χ2v) is 6.14. The molecule has 0 spiro atoms. The monoisotopic (exact) mass is 270 g/mol.